The number of benzene rings is 2. The minimum atomic E-state index is -0.577. The lowest BCUT2D eigenvalue weighted by Crippen LogP contribution is -2.31. The van der Waals surface area contributed by atoms with Crippen LogP contribution in [-0.4, -0.2) is 15.7 Å². The van der Waals surface area contributed by atoms with Gasteiger partial charge >= 0.3 is 5.97 Å². The molecule has 0 aliphatic carbocycles. The highest BCUT2D eigenvalue weighted by atomic mass is 16.7. The summed E-state index contributed by atoms with van der Waals surface area (Å²) < 4.78 is 0.944. The summed E-state index contributed by atoms with van der Waals surface area (Å²) in [6, 6.07) is 16.1. The van der Waals surface area contributed by atoms with Crippen LogP contribution < -0.4 is 10.4 Å². The summed E-state index contributed by atoms with van der Waals surface area (Å²) in [5.74, 6) is -0.277. The summed E-state index contributed by atoms with van der Waals surface area (Å²) in [4.78, 5) is 33.3. The summed E-state index contributed by atoms with van der Waals surface area (Å²) in [5, 5.41) is 0.401. The molecule has 1 heterocycles. The Labute approximate surface area is 120 Å². The SMILES string of the molecule is CC(=O)On1c(-c2ccccc2)nc2ccccc2c1=O. The first-order valence-corrected chi connectivity index (χ1v) is 6.43. The van der Waals surface area contributed by atoms with Gasteiger partial charge in [-0.05, 0) is 12.1 Å². The molecular weight excluding hydrogens is 268 g/mol. The van der Waals surface area contributed by atoms with Crippen molar-refractivity contribution in [2.24, 2.45) is 0 Å². The fraction of sp³-hybridized carbons (Fsp3) is 0.0625. The first-order chi connectivity index (χ1) is 10.2. The van der Waals surface area contributed by atoms with E-state index in [1.165, 1.54) is 6.92 Å². The smallest absolute Gasteiger partial charge is 0.330 e. The Morgan fingerprint density at radius 1 is 1.05 bits per heavy atom. The summed E-state index contributed by atoms with van der Waals surface area (Å²) >= 11 is 0. The third-order valence-electron chi connectivity index (χ3n) is 2.99. The topological polar surface area (TPSA) is 61.2 Å². The summed E-state index contributed by atoms with van der Waals surface area (Å²) in [7, 11) is 0. The highest BCUT2D eigenvalue weighted by molar-refractivity contribution is 5.79. The molecule has 3 rings (SSSR count). The molecule has 5 nitrogen and oxygen atoms in total. The van der Waals surface area contributed by atoms with Crippen LogP contribution in [0.1, 0.15) is 6.92 Å². The summed E-state index contributed by atoms with van der Waals surface area (Å²) in [6.45, 7) is 1.25. The Balaban J connectivity index is 2.36. The van der Waals surface area contributed by atoms with Crippen molar-refractivity contribution in [1.29, 1.82) is 0 Å². The largest absolute Gasteiger partial charge is 0.332 e. The summed E-state index contributed by atoms with van der Waals surface area (Å²) in [6.07, 6.45) is 0. The molecule has 1 aromatic heterocycles. The van der Waals surface area contributed by atoms with Crippen LogP contribution in [-0.2, 0) is 4.79 Å². The van der Waals surface area contributed by atoms with Gasteiger partial charge in [-0.25, -0.2) is 9.78 Å². The zero-order valence-electron chi connectivity index (χ0n) is 11.3. The number of carbonyl (C=O) groups excluding carboxylic acids is 1. The van der Waals surface area contributed by atoms with E-state index in [1.807, 2.05) is 18.2 Å². The second kappa shape index (κ2) is 5.20. The van der Waals surface area contributed by atoms with E-state index in [4.69, 9.17) is 4.84 Å². The van der Waals surface area contributed by atoms with Crippen LogP contribution in [0.3, 0.4) is 0 Å². The zero-order valence-corrected chi connectivity index (χ0v) is 11.3. The number of para-hydroxylation sites is 1. The van der Waals surface area contributed by atoms with Gasteiger partial charge in [-0.3, -0.25) is 4.79 Å². The molecule has 0 aliphatic heterocycles. The average Bonchev–Trinajstić information content (AvgIpc) is 2.50. The first kappa shape index (κ1) is 13.1. The van der Waals surface area contributed by atoms with Gasteiger partial charge in [0.05, 0.1) is 10.9 Å². The lowest BCUT2D eigenvalue weighted by molar-refractivity contribution is -0.141. The van der Waals surface area contributed by atoms with E-state index < -0.39 is 11.5 Å². The third kappa shape index (κ3) is 2.41. The standard InChI is InChI=1S/C16H12N2O3/c1-11(19)21-18-15(12-7-3-2-4-8-12)17-14-10-6-5-9-13(14)16(18)20/h2-10H,1H3. The number of nitrogens with zero attached hydrogens (tertiary/aromatic N) is 2. The minimum Gasteiger partial charge on any atom is -0.332 e. The number of carbonyl (C=O) groups is 1. The molecule has 0 unspecified atom stereocenters. The monoisotopic (exact) mass is 280 g/mol. The van der Waals surface area contributed by atoms with Crippen molar-refractivity contribution in [3.63, 3.8) is 0 Å². The molecule has 0 atom stereocenters. The van der Waals surface area contributed by atoms with E-state index >= 15 is 0 Å². The Hall–Kier alpha value is -2.95. The Bertz CT molecular complexity index is 870. The van der Waals surface area contributed by atoms with Crippen LogP contribution in [0.5, 0.6) is 0 Å². The molecule has 104 valence electrons. The lowest BCUT2D eigenvalue weighted by atomic mass is 10.2. The van der Waals surface area contributed by atoms with Gasteiger partial charge in [0.2, 0.25) is 0 Å². The van der Waals surface area contributed by atoms with E-state index in [9.17, 15) is 9.59 Å². The maximum Gasteiger partial charge on any atom is 0.330 e. The van der Waals surface area contributed by atoms with Gasteiger partial charge in [0.15, 0.2) is 5.82 Å². The van der Waals surface area contributed by atoms with E-state index in [-0.39, 0.29) is 0 Å². The van der Waals surface area contributed by atoms with Crippen LogP contribution in [0.2, 0.25) is 0 Å². The molecule has 0 spiro atoms. The molecule has 0 aliphatic rings. The number of hydrogen-bond donors (Lipinski definition) is 0. The van der Waals surface area contributed by atoms with Gasteiger partial charge in [-0.15, -0.1) is 4.73 Å². The van der Waals surface area contributed by atoms with Crippen molar-refractivity contribution < 1.29 is 9.63 Å². The molecule has 0 saturated heterocycles. The van der Waals surface area contributed by atoms with Crippen molar-refractivity contribution in [1.82, 2.24) is 9.71 Å². The fourth-order valence-corrected chi connectivity index (χ4v) is 2.10. The van der Waals surface area contributed by atoms with Crippen molar-refractivity contribution >= 4 is 16.9 Å². The average molecular weight is 280 g/mol. The van der Waals surface area contributed by atoms with E-state index in [1.54, 1.807) is 36.4 Å². The van der Waals surface area contributed by atoms with Crippen LogP contribution in [0.15, 0.2) is 59.4 Å². The second-order valence-electron chi connectivity index (χ2n) is 4.50. The van der Waals surface area contributed by atoms with E-state index in [2.05, 4.69) is 4.98 Å². The Kier molecular flexibility index (Phi) is 3.23. The van der Waals surface area contributed by atoms with Crippen molar-refractivity contribution in [3.05, 3.63) is 65.0 Å². The maximum absolute atomic E-state index is 12.5. The van der Waals surface area contributed by atoms with Gasteiger partial charge in [0, 0.05) is 12.5 Å². The highest BCUT2D eigenvalue weighted by Crippen LogP contribution is 2.17. The van der Waals surface area contributed by atoms with Gasteiger partial charge in [-0.1, -0.05) is 42.5 Å². The second-order valence-corrected chi connectivity index (χ2v) is 4.50. The minimum absolute atomic E-state index is 0.300. The highest BCUT2D eigenvalue weighted by Gasteiger charge is 2.14. The van der Waals surface area contributed by atoms with Gasteiger partial charge < -0.3 is 4.84 Å². The molecule has 0 bridgehead atoms. The zero-order chi connectivity index (χ0) is 14.8. The van der Waals surface area contributed by atoms with Gasteiger partial charge in [0.25, 0.3) is 5.56 Å². The first-order valence-electron chi connectivity index (χ1n) is 6.43. The molecular formula is C16H12N2O3. The normalized spacial score (nSPS) is 10.5. The molecule has 2 aromatic carbocycles. The number of aromatic nitrogens is 2. The predicted octanol–water partition coefficient (Wildman–Crippen LogP) is 2.04. The van der Waals surface area contributed by atoms with Gasteiger partial charge in [-0.2, -0.15) is 0 Å². The predicted molar refractivity (Wildman–Crippen MR) is 78.7 cm³/mol. The molecule has 21 heavy (non-hydrogen) atoms. The maximum atomic E-state index is 12.5. The number of hydrogen-bond acceptors (Lipinski definition) is 4. The van der Waals surface area contributed by atoms with Crippen molar-refractivity contribution in [3.8, 4) is 11.4 Å². The molecule has 0 fully saturated rings. The van der Waals surface area contributed by atoms with Gasteiger partial charge in [0.1, 0.15) is 0 Å². The molecule has 3 aromatic rings. The molecule has 0 saturated carbocycles. The molecule has 0 amide bonds. The fourth-order valence-electron chi connectivity index (χ4n) is 2.10. The third-order valence-corrected chi connectivity index (χ3v) is 2.99. The van der Waals surface area contributed by atoms with Crippen LogP contribution in [0.4, 0.5) is 0 Å². The Morgan fingerprint density at radius 3 is 2.43 bits per heavy atom. The van der Waals surface area contributed by atoms with Crippen molar-refractivity contribution in [2.75, 3.05) is 0 Å². The molecule has 0 N–H and O–H groups in total. The Morgan fingerprint density at radius 2 is 1.71 bits per heavy atom. The van der Waals surface area contributed by atoms with E-state index in [0.717, 1.165) is 4.73 Å². The van der Waals surface area contributed by atoms with Crippen LogP contribution in [0.25, 0.3) is 22.3 Å². The molecule has 0 radical (unpaired) electrons. The number of rotatable bonds is 2. The number of fused-ring (bicyclic) bond motifs is 1. The van der Waals surface area contributed by atoms with Crippen LogP contribution >= 0.6 is 0 Å². The summed E-state index contributed by atoms with van der Waals surface area (Å²) in [5.41, 5.74) is 0.848. The van der Waals surface area contributed by atoms with Crippen molar-refractivity contribution in [2.45, 2.75) is 6.92 Å². The van der Waals surface area contributed by atoms with Crippen LogP contribution in [0, 0.1) is 0 Å². The molecule has 5 heteroatoms. The lowest BCUT2D eigenvalue weighted by Gasteiger charge is -2.11. The van der Waals surface area contributed by atoms with E-state index in [0.29, 0.717) is 22.3 Å². The quantitative estimate of drug-likeness (QED) is 0.720.